The Bertz CT molecular complexity index is 886. The summed E-state index contributed by atoms with van der Waals surface area (Å²) in [4.78, 5) is 5.00. The lowest BCUT2D eigenvalue weighted by Gasteiger charge is -2.25. The van der Waals surface area contributed by atoms with E-state index in [1.165, 1.54) is 37.6 Å². The average molecular weight is 332 g/mol. The molecule has 0 spiro atoms. The van der Waals surface area contributed by atoms with Gasteiger partial charge in [0.15, 0.2) is 0 Å². The highest BCUT2D eigenvalue weighted by molar-refractivity contribution is 5.83. The maximum Gasteiger partial charge on any atom is 0.141 e. The third kappa shape index (κ3) is 2.95. The van der Waals surface area contributed by atoms with Crippen LogP contribution in [0.15, 0.2) is 49.0 Å². The molecule has 0 amide bonds. The second kappa shape index (κ2) is 6.75. The van der Waals surface area contributed by atoms with Crippen molar-refractivity contribution < 1.29 is 4.74 Å². The SMILES string of the molecule is C=Cc1ccc2c(c1)nc(-c1ccc(OC)cc1)n2C1CCCCC1. The maximum atomic E-state index is 5.30. The van der Waals surface area contributed by atoms with Crippen LogP contribution in [0.25, 0.3) is 28.5 Å². The average Bonchev–Trinajstić information content (AvgIpc) is 3.07. The second-order valence-corrected chi connectivity index (χ2v) is 6.78. The summed E-state index contributed by atoms with van der Waals surface area (Å²) in [5.41, 5.74) is 4.53. The van der Waals surface area contributed by atoms with Gasteiger partial charge in [-0.3, -0.25) is 0 Å². The van der Waals surface area contributed by atoms with Crippen molar-refractivity contribution in [2.75, 3.05) is 7.11 Å². The zero-order valence-corrected chi connectivity index (χ0v) is 14.7. The van der Waals surface area contributed by atoms with Crippen molar-refractivity contribution in [2.24, 2.45) is 0 Å². The van der Waals surface area contributed by atoms with Crippen molar-refractivity contribution in [3.8, 4) is 17.1 Å². The molecule has 3 heteroatoms. The monoisotopic (exact) mass is 332 g/mol. The summed E-state index contributed by atoms with van der Waals surface area (Å²) >= 11 is 0. The summed E-state index contributed by atoms with van der Waals surface area (Å²) in [6, 6.07) is 15.2. The zero-order chi connectivity index (χ0) is 17.2. The molecule has 0 saturated heterocycles. The lowest BCUT2D eigenvalue weighted by molar-refractivity contribution is 0.362. The van der Waals surface area contributed by atoms with Gasteiger partial charge in [-0.1, -0.05) is 38.0 Å². The summed E-state index contributed by atoms with van der Waals surface area (Å²) in [7, 11) is 1.70. The zero-order valence-electron chi connectivity index (χ0n) is 14.7. The minimum absolute atomic E-state index is 0.533. The molecule has 0 atom stereocenters. The topological polar surface area (TPSA) is 27.1 Å². The van der Waals surface area contributed by atoms with Crippen molar-refractivity contribution in [3.63, 3.8) is 0 Å². The van der Waals surface area contributed by atoms with Crippen LogP contribution in [0.5, 0.6) is 5.75 Å². The first-order valence-corrected chi connectivity index (χ1v) is 9.09. The van der Waals surface area contributed by atoms with Crippen LogP contribution in [-0.2, 0) is 0 Å². The lowest BCUT2D eigenvalue weighted by atomic mass is 9.95. The largest absolute Gasteiger partial charge is 0.497 e. The normalized spacial score (nSPS) is 15.4. The van der Waals surface area contributed by atoms with Crippen LogP contribution in [0.3, 0.4) is 0 Å². The molecule has 2 aromatic carbocycles. The number of ether oxygens (including phenoxy) is 1. The third-order valence-corrected chi connectivity index (χ3v) is 5.24. The van der Waals surface area contributed by atoms with E-state index in [2.05, 4.69) is 41.5 Å². The molecule has 0 aliphatic heterocycles. The molecule has 0 unspecified atom stereocenters. The Balaban J connectivity index is 1.89. The van der Waals surface area contributed by atoms with Gasteiger partial charge in [-0.25, -0.2) is 4.98 Å². The van der Waals surface area contributed by atoms with Gasteiger partial charge >= 0.3 is 0 Å². The fraction of sp³-hybridized carbons (Fsp3) is 0.318. The highest BCUT2D eigenvalue weighted by atomic mass is 16.5. The number of aromatic nitrogens is 2. The molecule has 128 valence electrons. The summed E-state index contributed by atoms with van der Waals surface area (Å²) in [6.45, 7) is 3.89. The first-order chi connectivity index (χ1) is 12.3. The molecule has 1 aliphatic carbocycles. The Hall–Kier alpha value is -2.55. The van der Waals surface area contributed by atoms with Crippen molar-refractivity contribution in [3.05, 3.63) is 54.6 Å². The summed E-state index contributed by atoms with van der Waals surface area (Å²) in [5, 5.41) is 0. The summed E-state index contributed by atoms with van der Waals surface area (Å²) < 4.78 is 7.76. The molecule has 1 aliphatic rings. The molecule has 3 aromatic rings. The highest BCUT2D eigenvalue weighted by Gasteiger charge is 2.22. The smallest absolute Gasteiger partial charge is 0.141 e. The van der Waals surface area contributed by atoms with Gasteiger partial charge in [-0.15, -0.1) is 0 Å². The van der Waals surface area contributed by atoms with E-state index in [4.69, 9.17) is 9.72 Å². The van der Waals surface area contributed by atoms with Gasteiger partial charge in [0.1, 0.15) is 11.6 Å². The Morgan fingerprint density at radius 1 is 1.08 bits per heavy atom. The number of imidazole rings is 1. The number of rotatable bonds is 4. The van der Waals surface area contributed by atoms with Crippen molar-refractivity contribution in [1.82, 2.24) is 9.55 Å². The Morgan fingerprint density at radius 3 is 2.52 bits per heavy atom. The minimum atomic E-state index is 0.533. The Morgan fingerprint density at radius 2 is 1.84 bits per heavy atom. The van der Waals surface area contributed by atoms with Crippen LogP contribution < -0.4 is 4.74 Å². The molecule has 25 heavy (non-hydrogen) atoms. The summed E-state index contributed by atoms with van der Waals surface area (Å²) in [5.74, 6) is 1.93. The molecule has 1 aromatic heterocycles. The van der Waals surface area contributed by atoms with Gasteiger partial charge in [0.25, 0.3) is 0 Å². The van der Waals surface area contributed by atoms with Crippen LogP contribution in [0, 0.1) is 0 Å². The van der Waals surface area contributed by atoms with Gasteiger partial charge in [-0.2, -0.15) is 0 Å². The highest BCUT2D eigenvalue weighted by Crippen LogP contribution is 2.36. The number of methoxy groups -OCH3 is 1. The minimum Gasteiger partial charge on any atom is -0.497 e. The molecule has 1 saturated carbocycles. The van der Waals surface area contributed by atoms with Crippen LogP contribution in [0.2, 0.25) is 0 Å². The van der Waals surface area contributed by atoms with E-state index in [1.54, 1.807) is 7.11 Å². The number of hydrogen-bond donors (Lipinski definition) is 0. The third-order valence-electron chi connectivity index (χ3n) is 5.24. The molecule has 1 heterocycles. The molecule has 0 N–H and O–H groups in total. The van der Waals surface area contributed by atoms with Gasteiger partial charge < -0.3 is 9.30 Å². The van der Waals surface area contributed by atoms with E-state index in [0.29, 0.717) is 6.04 Å². The summed E-state index contributed by atoms with van der Waals surface area (Å²) in [6.07, 6.45) is 8.30. The van der Waals surface area contributed by atoms with Crippen molar-refractivity contribution >= 4 is 17.1 Å². The fourth-order valence-corrected chi connectivity index (χ4v) is 3.90. The molecule has 4 rings (SSSR count). The van der Waals surface area contributed by atoms with Crippen LogP contribution in [0.4, 0.5) is 0 Å². The number of benzene rings is 2. The first-order valence-electron chi connectivity index (χ1n) is 9.09. The van der Waals surface area contributed by atoms with E-state index < -0.39 is 0 Å². The second-order valence-electron chi connectivity index (χ2n) is 6.78. The van der Waals surface area contributed by atoms with Crippen molar-refractivity contribution in [2.45, 2.75) is 38.1 Å². The molecule has 3 nitrogen and oxygen atoms in total. The fourth-order valence-electron chi connectivity index (χ4n) is 3.90. The Kier molecular flexibility index (Phi) is 4.31. The number of fused-ring (bicyclic) bond motifs is 1. The number of nitrogens with zero attached hydrogens (tertiary/aromatic N) is 2. The Labute approximate surface area is 149 Å². The first kappa shape index (κ1) is 15.9. The van der Waals surface area contributed by atoms with Crippen LogP contribution in [-0.4, -0.2) is 16.7 Å². The molecule has 0 bridgehead atoms. The van der Waals surface area contributed by atoms with E-state index in [0.717, 1.165) is 28.2 Å². The van der Waals surface area contributed by atoms with Crippen molar-refractivity contribution in [1.29, 1.82) is 0 Å². The predicted molar refractivity (Wildman–Crippen MR) is 104 cm³/mol. The molecular weight excluding hydrogens is 308 g/mol. The van der Waals surface area contributed by atoms with E-state index in [1.807, 2.05) is 18.2 Å². The molecule has 1 fully saturated rings. The van der Waals surface area contributed by atoms with Gasteiger partial charge in [-0.05, 0) is 54.8 Å². The molecular formula is C22H24N2O. The predicted octanol–water partition coefficient (Wildman–Crippen LogP) is 5.86. The van der Waals surface area contributed by atoms with E-state index >= 15 is 0 Å². The van der Waals surface area contributed by atoms with Crippen LogP contribution >= 0.6 is 0 Å². The standard InChI is InChI=1S/C22H24N2O/c1-3-16-9-14-21-20(15-16)23-22(17-10-12-19(25-2)13-11-17)24(21)18-7-5-4-6-8-18/h3,9-15,18H,1,4-8H2,2H3. The van der Waals surface area contributed by atoms with Gasteiger partial charge in [0, 0.05) is 11.6 Å². The van der Waals surface area contributed by atoms with Crippen LogP contribution in [0.1, 0.15) is 43.7 Å². The maximum absolute atomic E-state index is 5.30. The van der Waals surface area contributed by atoms with Gasteiger partial charge in [0.05, 0.1) is 18.1 Å². The van der Waals surface area contributed by atoms with E-state index in [9.17, 15) is 0 Å². The van der Waals surface area contributed by atoms with E-state index in [-0.39, 0.29) is 0 Å². The number of hydrogen-bond acceptors (Lipinski definition) is 2. The lowest BCUT2D eigenvalue weighted by Crippen LogP contribution is -2.13. The molecule has 0 radical (unpaired) electrons. The quantitative estimate of drug-likeness (QED) is 0.598. The van der Waals surface area contributed by atoms with Gasteiger partial charge in [0.2, 0.25) is 0 Å².